The maximum absolute atomic E-state index is 12.0. The van der Waals surface area contributed by atoms with Crippen LogP contribution in [0.4, 0.5) is 0 Å². The predicted molar refractivity (Wildman–Crippen MR) is 64.2 cm³/mol. The molecule has 2 N–H and O–H groups in total. The maximum Gasteiger partial charge on any atom is 0.223 e. The summed E-state index contributed by atoms with van der Waals surface area (Å²) in [4.78, 5) is 14.3. The van der Waals surface area contributed by atoms with E-state index in [9.17, 15) is 4.79 Å². The fourth-order valence-corrected chi connectivity index (χ4v) is 2.36. The van der Waals surface area contributed by atoms with E-state index in [1.54, 1.807) is 0 Å². The van der Waals surface area contributed by atoms with Gasteiger partial charge in [-0.05, 0) is 52.0 Å². The number of hydrogen-bond acceptors (Lipinski definition) is 3. The van der Waals surface area contributed by atoms with Gasteiger partial charge in [-0.1, -0.05) is 6.92 Å². The van der Waals surface area contributed by atoms with Crippen molar-refractivity contribution < 1.29 is 4.79 Å². The first kappa shape index (κ1) is 11.9. The highest BCUT2D eigenvalue weighted by atomic mass is 16.1. The number of likely N-dealkylation sites (tertiary alicyclic amines) is 1. The zero-order chi connectivity index (χ0) is 11.5. The van der Waals surface area contributed by atoms with Gasteiger partial charge in [0.15, 0.2) is 0 Å². The van der Waals surface area contributed by atoms with Gasteiger partial charge in [0, 0.05) is 12.0 Å². The average molecular weight is 225 g/mol. The Morgan fingerprint density at radius 1 is 1.38 bits per heavy atom. The van der Waals surface area contributed by atoms with Crippen LogP contribution in [0.3, 0.4) is 0 Å². The average Bonchev–Trinajstić information content (AvgIpc) is 2.19. The molecule has 0 saturated carbocycles. The van der Waals surface area contributed by atoms with E-state index in [-0.39, 0.29) is 11.8 Å². The topological polar surface area (TPSA) is 44.4 Å². The summed E-state index contributed by atoms with van der Waals surface area (Å²) in [6.45, 7) is 6.26. The van der Waals surface area contributed by atoms with E-state index in [1.807, 2.05) is 0 Å². The molecule has 2 fully saturated rings. The van der Waals surface area contributed by atoms with Crippen molar-refractivity contribution in [3.8, 4) is 0 Å². The molecule has 2 aliphatic rings. The van der Waals surface area contributed by atoms with E-state index < -0.39 is 0 Å². The summed E-state index contributed by atoms with van der Waals surface area (Å²) in [7, 11) is 2.14. The molecule has 0 radical (unpaired) electrons. The van der Waals surface area contributed by atoms with Crippen molar-refractivity contribution in [2.24, 2.45) is 11.8 Å². The molecular formula is C12H23N3O. The van der Waals surface area contributed by atoms with Gasteiger partial charge < -0.3 is 15.5 Å². The van der Waals surface area contributed by atoms with Gasteiger partial charge >= 0.3 is 0 Å². The van der Waals surface area contributed by atoms with E-state index in [1.165, 1.54) is 0 Å². The second kappa shape index (κ2) is 5.15. The van der Waals surface area contributed by atoms with Gasteiger partial charge in [-0.2, -0.15) is 0 Å². The summed E-state index contributed by atoms with van der Waals surface area (Å²) < 4.78 is 0. The SMILES string of the molecule is CC(C(=O)NC1CCN(C)CC1)C1CNC1. The fourth-order valence-electron chi connectivity index (χ4n) is 2.36. The molecule has 16 heavy (non-hydrogen) atoms. The summed E-state index contributed by atoms with van der Waals surface area (Å²) >= 11 is 0. The van der Waals surface area contributed by atoms with E-state index in [0.717, 1.165) is 39.0 Å². The van der Waals surface area contributed by atoms with E-state index in [2.05, 4.69) is 29.5 Å². The number of nitrogens with one attached hydrogen (secondary N) is 2. The zero-order valence-corrected chi connectivity index (χ0v) is 10.3. The summed E-state index contributed by atoms with van der Waals surface area (Å²) in [5, 5.41) is 6.41. The molecule has 0 aromatic carbocycles. The highest BCUT2D eigenvalue weighted by molar-refractivity contribution is 5.79. The standard InChI is InChI=1S/C12H23N3O/c1-9(10-7-13-8-10)12(16)14-11-3-5-15(2)6-4-11/h9-11,13H,3-8H2,1-2H3,(H,14,16). The van der Waals surface area contributed by atoms with Crippen LogP contribution in [-0.4, -0.2) is 50.1 Å². The minimum Gasteiger partial charge on any atom is -0.353 e. The molecular weight excluding hydrogens is 202 g/mol. The van der Waals surface area contributed by atoms with E-state index in [0.29, 0.717) is 12.0 Å². The van der Waals surface area contributed by atoms with Crippen molar-refractivity contribution in [3.05, 3.63) is 0 Å². The lowest BCUT2D eigenvalue weighted by atomic mass is 9.88. The van der Waals surface area contributed by atoms with Crippen molar-refractivity contribution in [2.75, 3.05) is 33.2 Å². The summed E-state index contributed by atoms with van der Waals surface area (Å²) in [5.41, 5.74) is 0. The summed E-state index contributed by atoms with van der Waals surface area (Å²) in [5.74, 6) is 0.966. The number of carbonyl (C=O) groups excluding carboxylic acids is 1. The largest absolute Gasteiger partial charge is 0.353 e. The van der Waals surface area contributed by atoms with Crippen molar-refractivity contribution in [3.63, 3.8) is 0 Å². The molecule has 1 amide bonds. The van der Waals surface area contributed by atoms with Gasteiger partial charge in [0.2, 0.25) is 5.91 Å². The molecule has 0 aromatic rings. The minimum absolute atomic E-state index is 0.168. The lowest BCUT2D eigenvalue weighted by Crippen LogP contribution is -2.52. The summed E-state index contributed by atoms with van der Waals surface area (Å²) in [6, 6.07) is 0.402. The lowest BCUT2D eigenvalue weighted by molar-refractivity contribution is -0.127. The van der Waals surface area contributed by atoms with Gasteiger partial charge in [-0.15, -0.1) is 0 Å². The van der Waals surface area contributed by atoms with Crippen molar-refractivity contribution >= 4 is 5.91 Å². The fraction of sp³-hybridized carbons (Fsp3) is 0.917. The molecule has 4 nitrogen and oxygen atoms in total. The van der Waals surface area contributed by atoms with E-state index >= 15 is 0 Å². The highest BCUT2D eigenvalue weighted by Gasteiger charge is 2.30. The van der Waals surface area contributed by atoms with Crippen molar-refractivity contribution in [1.29, 1.82) is 0 Å². The van der Waals surface area contributed by atoms with Crippen LogP contribution in [0.15, 0.2) is 0 Å². The van der Waals surface area contributed by atoms with Crippen LogP contribution < -0.4 is 10.6 Å². The third kappa shape index (κ3) is 2.74. The molecule has 92 valence electrons. The molecule has 2 heterocycles. The Morgan fingerprint density at radius 2 is 2.00 bits per heavy atom. The molecule has 1 atom stereocenters. The molecule has 2 aliphatic heterocycles. The molecule has 0 bridgehead atoms. The van der Waals surface area contributed by atoms with Gasteiger partial charge in [0.25, 0.3) is 0 Å². The Balaban J connectivity index is 1.73. The second-order valence-electron chi connectivity index (χ2n) is 5.29. The Kier molecular flexibility index (Phi) is 3.82. The van der Waals surface area contributed by atoms with Gasteiger partial charge in [-0.3, -0.25) is 4.79 Å². The minimum atomic E-state index is 0.168. The number of rotatable bonds is 3. The van der Waals surface area contributed by atoms with Crippen LogP contribution in [0.25, 0.3) is 0 Å². The third-order valence-electron chi connectivity index (χ3n) is 4.00. The number of piperidine rings is 1. The lowest BCUT2D eigenvalue weighted by Gasteiger charge is -2.34. The highest BCUT2D eigenvalue weighted by Crippen LogP contribution is 2.17. The van der Waals surface area contributed by atoms with Gasteiger partial charge in [0.1, 0.15) is 0 Å². The Morgan fingerprint density at radius 3 is 2.50 bits per heavy atom. The Labute approximate surface area is 97.8 Å². The normalized spacial score (nSPS) is 26.1. The first-order chi connectivity index (χ1) is 7.66. The van der Waals surface area contributed by atoms with Crippen LogP contribution >= 0.6 is 0 Å². The van der Waals surface area contributed by atoms with Crippen LogP contribution in [0.1, 0.15) is 19.8 Å². The smallest absolute Gasteiger partial charge is 0.223 e. The zero-order valence-electron chi connectivity index (χ0n) is 10.3. The molecule has 2 saturated heterocycles. The van der Waals surface area contributed by atoms with Gasteiger partial charge in [-0.25, -0.2) is 0 Å². The number of nitrogens with zero attached hydrogens (tertiary/aromatic N) is 1. The van der Waals surface area contributed by atoms with Crippen LogP contribution in [0, 0.1) is 11.8 Å². The quantitative estimate of drug-likeness (QED) is 0.713. The van der Waals surface area contributed by atoms with Crippen molar-refractivity contribution in [2.45, 2.75) is 25.8 Å². The Bertz CT molecular complexity index is 245. The predicted octanol–water partition coefficient (Wildman–Crippen LogP) is 0.0523. The van der Waals surface area contributed by atoms with Gasteiger partial charge in [0.05, 0.1) is 0 Å². The first-order valence-corrected chi connectivity index (χ1v) is 6.36. The molecule has 4 heteroatoms. The monoisotopic (exact) mass is 225 g/mol. The number of carbonyl (C=O) groups is 1. The van der Waals surface area contributed by atoms with E-state index in [4.69, 9.17) is 0 Å². The molecule has 2 rings (SSSR count). The molecule has 0 spiro atoms. The maximum atomic E-state index is 12.0. The van der Waals surface area contributed by atoms with Crippen molar-refractivity contribution in [1.82, 2.24) is 15.5 Å². The molecule has 0 aromatic heterocycles. The second-order valence-corrected chi connectivity index (χ2v) is 5.29. The van der Waals surface area contributed by atoms with Crippen LogP contribution in [-0.2, 0) is 4.79 Å². The Hall–Kier alpha value is -0.610. The number of hydrogen-bond donors (Lipinski definition) is 2. The number of amides is 1. The molecule has 1 unspecified atom stereocenters. The summed E-state index contributed by atoms with van der Waals surface area (Å²) in [6.07, 6.45) is 2.19. The third-order valence-corrected chi connectivity index (χ3v) is 4.00. The van der Waals surface area contributed by atoms with Crippen LogP contribution in [0.5, 0.6) is 0 Å². The first-order valence-electron chi connectivity index (χ1n) is 6.36. The van der Waals surface area contributed by atoms with Crippen LogP contribution in [0.2, 0.25) is 0 Å². The molecule has 0 aliphatic carbocycles.